The fourth-order valence-electron chi connectivity index (χ4n) is 3.48. The van der Waals surface area contributed by atoms with Crippen LogP contribution in [-0.4, -0.2) is 49.5 Å². The van der Waals surface area contributed by atoms with Crippen LogP contribution in [0.1, 0.15) is 5.69 Å². The lowest BCUT2D eigenvalue weighted by Crippen LogP contribution is -2.47. The molecule has 0 bridgehead atoms. The van der Waals surface area contributed by atoms with Crippen LogP contribution in [-0.2, 0) is 10.0 Å². The van der Waals surface area contributed by atoms with Crippen LogP contribution in [0.5, 0.6) is 0 Å². The average Bonchev–Trinajstić information content (AvgIpc) is 2.73. The minimum atomic E-state index is -3.77. The minimum Gasteiger partial charge on any atom is -0.367 e. The van der Waals surface area contributed by atoms with Gasteiger partial charge in [-0.3, -0.25) is 4.98 Å². The number of sulfonamides is 1. The molecule has 8 nitrogen and oxygen atoms in total. The summed E-state index contributed by atoms with van der Waals surface area (Å²) in [5, 5.41) is 5.38. The Morgan fingerprint density at radius 2 is 1.59 bits per heavy atom. The molecule has 4 rings (SSSR count). The molecule has 1 aromatic carbocycles. The third kappa shape index (κ3) is 4.20. The first kappa shape index (κ1) is 19.3. The first-order valence-electron chi connectivity index (χ1n) is 9.29. The number of nitrogens with two attached hydrogens (primary N) is 1. The van der Waals surface area contributed by atoms with Crippen LogP contribution in [0.3, 0.4) is 0 Å². The first-order valence-corrected chi connectivity index (χ1v) is 10.8. The number of aryl methyl sites for hydroxylation is 1. The smallest absolute Gasteiger partial charge is 0.240 e. The highest BCUT2D eigenvalue weighted by Crippen LogP contribution is 2.26. The van der Waals surface area contributed by atoms with Gasteiger partial charge < -0.3 is 9.80 Å². The van der Waals surface area contributed by atoms with Crippen molar-refractivity contribution in [3.8, 4) is 11.4 Å². The zero-order chi connectivity index (χ0) is 20.4. The third-order valence-electron chi connectivity index (χ3n) is 4.90. The predicted octanol–water partition coefficient (Wildman–Crippen LogP) is 1.82. The van der Waals surface area contributed by atoms with Crippen LogP contribution in [0.4, 0.5) is 11.5 Å². The number of aromatic nitrogens is 3. The summed E-state index contributed by atoms with van der Waals surface area (Å²) in [6.45, 7) is 4.71. The quantitative estimate of drug-likeness (QED) is 0.699. The van der Waals surface area contributed by atoms with Crippen LogP contribution in [0.2, 0.25) is 0 Å². The molecule has 0 aliphatic carbocycles. The summed E-state index contributed by atoms with van der Waals surface area (Å²) in [5.41, 5.74) is 2.46. The van der Waals surface area contributed by atoms with E-state index in [1.54, 1.807) is 30.6 Å². The number of benzene rings is 1. The topological polar surface area (TPSA) is 105 Å². The molecule has 1 saturated heterocycles. The van der Waals surface area contributed by atoms with Gasteiger partial charge in [0.2, 0.25) is 10.0 Å². The maximum atomic E-state index is 11.9. The average molecular weight is 411 g/mol. The van der Waals surface area contributed by atoms with Gasteiger partial charge in [0.1, 0.15) is 10.7 Å². The molecule has 1 fully saturated rings. The third-order valence-corrected chi connectivity index (χ3v) is 5.85. The zero-order valence-corrected chi connectivity index (χ0v) is 16.9. The van der Waals surface area contributed by atoms with Crippen molar-refractivity contribution in [3.63, 3.8) is 0 Å². The standard InChI is InChI=1S/C20H22N6O2S/c1-15-14-19(24-20(23-15)16-6-8-22-9-7-16)26-12-10-25(11-13-26)17-4-2-3-5-18(17)29(21,27)28/h2-9,14H,10-13H2,1H3,(H2,21,27,28). The molecule has 0 spiro atoms. The van der Waals surface area contributed by atoms with Gasteiger partial charge in [0.25, 0.3) is 0 Å². The summed E-state index contributed by atoms with van der Waals surface area (Å²) in [6, 6.07) is 12.6. The van der Waals surface area contributed by atoms with E-state index in [-0.39, 0.29) is 4.90 Å². The number of primary sulfonamides is 1. The van der Waals surface area contributed by atoms with Crippen molar-refractivity contribution >= 4 is 21.5 Å². The Morgan fingerprint density at radius 1 is 0.931 bits per heavy atom. The molecule has 2 N–H and O–H groups in total. The number of nitrogens with zero attached hydrogens (tertiary/aromatic N) is 5. The molecule has 0 unspecified atom stereocenters. The highest BCUT2D eigenvalue weighted by atomic mass is 32.2. The van der Waals surface area contributed by atoms with Gasteiger partial charge in [-0.15, -0.1) is 0 Å². The van der Waals surface area contributed by atoms with Gasteiger partial charge in [-0.2, -0.15) is 0 Å². The highest BCUT2D eigenvalue weighted by Gasteiger charge is 2.23. The maximum absolute atomic E-state index is 11.9. The molecule has 29 heavy (non-hydrogen) atoms. The van der Waals surface area contributed by atoms with E-state index in [1.165, 1.54) is 0 Å². The zero-order valence-electron chi connectivity index (χ0n) is 16.1. The van der Waals surface area contributed by atoms with Crippen molar-refractivity contribution in [2.45, 2.75) is 11.8 Å². The maximum Gasteiger partial charge on any atom is 0.240 e. The Bertz CT molecular complexity index is 1110. The van der Waals surface area contributed by atoms with Crippen LogP contribution in [0.25, 0.3) is 11.4 Å². The summed E-state index contributed by atoms with van der Waals surface area (Å²) in [4.78, 5) is 17.7. The number of anilines is 2. The number of pyridine rings is 1. The second-order valence-corrected chi connectivity index (χ2v) is 8.44. The Morgan fingerprint density at radius 3 is 2.28 bits per heavy atom. The second kappa shape index (κ2) is 7.76. The van der Waals surface area contributed by atoms with Crippen molar-refractivity contribution in [1.29, 1.82) is 0 Å². The van der Waals surface area contributed by atoms with E-state index in [1.807, 2.05) is 36.1 Å². The van der Waals surface area contributed by atoms with Crippen LogP contribution in [0, 0.1) is 6.92 Å². The van der Waals surface area contributed by atoms with Crippen molar-refractivity contribution in [2.24, 2.45) is 5.14 Å². The van der Waals surface area contributed by atoms with Crippen molar-refractivity contribution in [3.05, 3.63) is 60.6 Å². The number of piperazine rings is 1. The summed E-state index contributed by atoms with van der Waals surface area (Å²) in [6.07, 6.45) is 3.45. The van der Waals surface area contributed by atoms with Gasteiger partial charge in [0, 0.05) is 55.9 Å². The molecule has 1 aliphatic heterocycles. The van der Waals surface area contributed by atoms with Gasteiger partial charge in [-0.1, -0.05) is 12.1 Å². The summed E-state index contributed by atoms with van der Waals surface area (Å²) >= 11 is 0. The van der Waals surface area contributed by atoms with E-state index in [2.05, 4.69) is 14.9 Å². The Kier molecular flexibility index (Phi) is 5.16. The lowest BCUT2D eigenvalue weighted by molar-refractivity contribution is 0.595. The minimum absolute atomic E-state index is 0.159. The molecule has 0 radical (unpaired) electrons. The predicted molar refractivity (Wildman–Crippen MR) is 112 cm³/mol. The number of para-hydroxylation sites is 1. The molecular weight excluding hydrogens is 388 g/mol. The molecule has 3 aromatic rings. The van der Waals surface area contributed by atoms with Crippen LogP contribution in [0.15, 0.2) is 59.8 Å². The summed E-state index contributed by atoms with van der Waals surface area (Å²) < 4.78 is 23.8. The van der Waals surface area contributed by atoms with Crippen molar-refractivity contribution in [2.75, 3.05) is 36.0 Å². The molecule has 150 valence electrons. The monoisotopic (exact) mass is 410 g/mol. The summed E-state index contributed by atoms with van der Waals surface area (Å²) in [5.74, 6) is 1.54. The van der Waals surface area contributed by atoms with E-state index in [4.69, 9.17) is 10.1 Å². The number of hydrogen-bond donors (Lipinski definition) is 1. The number of rotatable bonds is 4. The van der Waals surface area contributed by atoms with Gasteiger partial charge in [0.15, 0.2) is 5.82 Å². The van der Waals surface area contributed by atoms with Crippen LogP contribution < -0.4 is 14.9 Å². The molecular formula is C20H22N6O2S. The van der Waals surface area contributed by atoms with Crippen molar-refractivity contribution in [1.82, 2.24) is 15.0 Å². The van der Waals surface area contributed by atoms with E-state index < -0.39 is 10.0 Å². The van der Waals surface area contributed by atoms with Crippen LogP contribution >= 0.6 is 0 Å². The molecule has 2 aromatic heterocycles. The number of hydrogen-bond acceptors (Lipinski definition) is 7. The Balaban J connectivity index is 1.55. The molecule has 3 heterocycles. The van der Waals surface area contributed by atoms with Gasteiger partial charge >= 0.3 is 0 Å². The van der Waals surface area contributed by atoms with E-state index in [9.17, 15) is 8.42 Å². The molecule has 0 amide bonds. The highest BCUT2D eigenvalue weighted by molar-refractivity contribution is 7.89. The Labute approximate surface area is 170 Å². The first-order chi connectivity index (χ1) is 13.9. The molecule has 0 saturated carbocycles. The van der Waals surface area contributed by atoms with Crippen molar-refractivity contribution < 1.29 is 8.42 Å². The second-order valence-electron chi connectivity index (χ2n) is 6.91. The van der Waals surface area contributed by atoms with Gasteiger partial charge in [-0.25, -0.2) is 23.5 Å². The lowest BCUT2D eigenvalue weighted by Gasteiger charge is -2.37. The normalized spacial score (nSPS) is 14.8. The molecule has 0 atom stereocenters. The lowest BCUT2D eigenvalue weighted by atomic mass is 10.2. The van der Waals surface area contributed by atoms with Gasteiger partial charge in [0.05, 0.1) is 5.69 Å². The summed E-state index contributed by atoms with van der Waals surface area (Å²) in [7, 11) is -3.77. The largest absolute Gasteiger partial charge is 0.367 e. The van der Waals surface area contributed by atoms with E-state index in [0.29, 0.717) is 37.7 Å². The fourth-order valence-corrected chi connectivity index (χ4v) is 4.24. The molecule has 1 aliphatic rings. The van der Waals surface area contributed by atoms with E-state index in [0.717, 1.165) is 17.1 Å². The Hall–Kier alpha value is -3.04. The van der Waals surface area contributed by atoms with Gasteiger partial charge in [-0.05, 0) is 31.2 Å². The van der Waals surface area contributed by atoms with E-state index >= 15 is 0 Å². The molecule has 9 heteroatoms. The SMILES string of the molecule is Cc1cc(N2CCN(c3ccccc3S(N)(=O)=O)CC2)nc(-c2ccncc2)n1. The fraction of sp³-hybridized carbons (Fsp3) is 0.250.